The Balaban J connectivity index is 2.12. The molecule has 1 aliphatic carbocycles. The lowest BCUT2D eigenvalue weighted by Crippen LogP contribution is -2.17. The molecule has 0 spiro atoms. The van der Waals surface area contributed by atoms with E-state index in [0.29, 0.717) is 0 Å². The number of pyridine rings is 1. The van der Waals surface area contributed by atoms with E-state index in [-0.39, 0.29) is 5.54 Å². The maximum absolute atomic E-state index is 5.36. The van der Waals surface area contributed by atoms with Gasteiger partial charge in [-0.25, -0.2) is 4.98 Å². The van der Waals surface area contributed by atoms with Crippen molar-refractivity contribution in [3.63, 3.8) is 0 Å². The van der Waals surface area contributed by atoms with Crippen molar-refractivity contribution in [2.24, 2.45) is 0 Å². The molecule has 1 heterocycles. The second-order valence-corrected chi connectivity index (χ2v) is 5.27. The number of nitrogens with one attached hydrogen (secondary N) is 1. The molecule has 1 N–H and O–H groups in total. The van der Waals surface area contributed by atoms with E-state index >= 15 is 0 Å². The van der Waals surface area contributed by atoms with Gasteiger partial charge in [0.2, 0.25) is 0 Å². The molecular weight excluding hydrogens is 240 g/mol. The van der Waals surface area contributed by atoms with Crippen molar-refractivity contribution in [2.45, 2.75) is 25.3 Å². The molecule has 0 aliphatic heterocycles. The fraction of sp³-hybridized carbons (Fsp3) is 0.400. The predicted molar refractivity (Wildman–Crippen MR) is 76.1 cm³/mol. The third-order valence-corrected chi connectivity index (χ3v) is 3.69. The number of methoxy groups -OCH3 is 2. The fourth-order valence-electron chi connectivity index (χ4n) is 2.20. The largest absolute Gasteiger partial charge is 0.493 e. The number of aromatic nitrogens is 1. The second kappa shape index (κ2) is 4.30. The normalized spacial score (nSPS) is 16.2. The molecule has 0 amide bonds. The molecule has 3 rings (SSSR count). The van der Waals surface area contributed by atoms with Gasteiger partial charge in [-0.3, -0.25) is 0 Å². The first-order valence-corrected chi connectivity index (χ1v) is 6.44. The van der Waals surface area contributed by atoms with Gasteiger partial charge in [0, 0.05) is 17.1 Å². The highest BCUT2D eigenvalue weighted by Gasteiger charge is 2.37. The van der Waals surface area contributed by atoms with Gasteiger partial charge in [0.25, 0.3) is 0 Å². The predicted octanol–water partition coefficient (Wildman–Crippen LogP) is 3.22. The molecule has 1 aliphatic rings. The van der Waals surface area contributed by atoms with Crippen LogP contribution in [0.3, 0.4) is 0 Å². The van der Waals surface area contributed by atoms with E-state index in [1.165, 1.54) is 12.8 Å². The van der Waals surface area contributed by atoms with Crippen LogP contribution >= 0.6 is 0 Å². The average Bonchev–Trinajstić information content (AvgIpc) is 3.15. The summed E-state index contributed by atoms with van der Waals surface area (Å²) in [5.74, 6) is 2.38. The highest BCUT2D eigenvalue weighted by Crippen LogP contribution is 2.40. The Bertz CT molecular complexity index is 621. The van der Waals surface area contributed by atoms with E-state index in [4.69, 9.17) is 9.47 Å². The Morgan fingerprint density at radius 1 is 1.16 bits per heavy atom. The highest BCUT2D eigenvalue weighted by molar-refractivity contribution is 5.94. The SMILES string of the molecule is COc1cc2ccnc(NC3(C)CC3)c2cc1OC. The van der Waals surface area contributed by atoms with Crippen LogP contribution in [0, 0.1) is 0 Å². The summed E-state index contributed by atoms with van der Waals surface area (Å²) in [7, 11) is 3.30. The Morgan fingerprint density at radius 2 is 1.84 bits per heavy atom. The van der Waals surface area contributed by atoms with Crippen molar-refractivity contribution in [3.8, 4) is 11.5 Å². The molecule has 0 atom stereocenters. The van der Waals surface area contributed by atoms with E-state index in [1.54, 1.807) is 14.2 Å². The lowest BCUT2D eigenvalue weighted by Gasteiger charge is -2.15. The van der Waals surface area contributed by atoms with Crippen LogP contribution in [0.4, 0.5) is 5.82 Å². The summed E-state index contributed by atoms with van der Waals surface area (Å²) in [5, 5.41) is 5.68. The van der Waals surface area contributed by atoms with Crippen LogP contribution in [0.2, 0.25) is 0 Å². The minimum atomic E-state index is 0.203. The summed E-state index contributed by atoms with van der Waals surface area (Å²) in [4.78, 5) is 4.46. The van der Waals surface area contributed by atoms with Gasteiger partial charge in [-0.05, 0) is 43.4 Å². The van der Waals surface area contributed by atoms with Gasteiger partial charge in [0.15, 0.2) is 11.5 Å². The molecule has 4 heteroatoms. The third-order valence-electron chi connectivity index (χ3n) is 3.69. The minimum Gasteiger partial charge on any atom is -0.493 e. The Labute approximate surface area is 112 Å². The summed E-state index contributed by atoms with van der Waals surface area (Å²) in [6, 6.07) is 5.95. The fourth-order valence-corrected chi connectivity index (χ4v) is 2.20. The number of hydrogen-bond acceptors (Lipinski definition) is 4. The van der Waals surface area contributed by atoms with Gasteiger partial charge in [0.1, 0.15) is 5.82 Å². The Morgan fingerprint density at radius 3 is 2.47 bits per heavy atom. The van der Waals surface area contributed by atoms with Crippen LogP contribution in [0.25, 0.3) is 10.8 Å². The van der Waals surface area contributed by atoms with Crippen molar-refractivity contribution in [2.75, 3.05) is 19.5 Å². The molecular formula is C15H18N2O2. The van der Waals surface area contributed by atoms with E-state index in [2.05, 4.69) is 17.2 Å². The van der Waals surface area contributed by atoms with E-state index in [9.17, 15) is 0 Å². The summed E-state index contributed by atoms with van der Waals surface area (Å²) < 4.78 is 10.7. The second-order valence-electron chi connectivity index (χ2n) is 5.27. The number of hydrogen-bond donors (Lipinski definition) is 1. The third kappa shape index (κ3) is 2.18. The Kier molecular flexibility index (Phi) is 2.73. The van der Waals surface area contributed by atoms with Crippen molar-refractivity contribution >= 4 is 16.6 Å². The number of ether oxygens (including phenoxy) is 2. The summed E-state index contributed by atoms with van der Waals surface area (Å²) >= 11 is 0. The number of anilines is 1. The van der Waals surface area contributed by atoms with Gasteiger partial charge < -0.3 is 14.8 Å². The van der Waals surface area contributed by atoms with Crippen LogP contribution in [0.5, 0.6) is 11.5 Å². The molecule has 19 heavy (non-hydrogen) atoms. The zero-order valence-electron chi connectivity index (χ0n) is 11.5. The molecule has 100 valence electrons. The van der Waals surface area contributed by atoms with Crippen molar-refractivity contribution in [1.29, 1.82) is 0 Å². The zero-order chi connectivity index (χ0) is 13.5. The standard InChI is InChI=1S/C15H18N2O2/c1-15(5-6-15)17-14-11-9-13(19-3)12(18-2)8-10(11)4-7-16-14/h4,7-9H,5-6H2,1-3H3,(H,16,17). The molecule has 1 aromatic heterocycles. The number of benzene rings is 1. The smallest absolute Gasteiger partial charge is 0.161 e. The van der Waals surface area contributed by atoms with E-state index < -0.39 is 0 Å². The highest BCUT2D eigenvalue weighted by atomic mass is 16.5. The van der Waals surface area contributed by atoms with Crippen molar-refractivity contribution in [1.82, 2.24) is 4.98 Å². The molecule has 0 radical (unpaired) electrons. The van der Waals surface area contributed by atoms with Crippen LogP contribution < -0.4 is 14.8 Å². The van der Waals surface area contributed by atoms with E-state index in [0.717, 1.165) is 28.1 Å². The molecule has 1 saturated carbocycles. The lowest BCUT2D eigenvalue weighted by molar-refractivity contribution is 0.356. The Hall–Kier alpha value is -1.97. The quantitative estimate of drug-likeness (QED) is 0.914. The topological polar surface area (TPSA) is 43.4 Å². The van der Waals surface area contributed by atoms with Gasteiger partial charge in [-0.1, -0.05) is 0 Å². The van der Waals surface area contributed by atoms with Crippen LogP contribution in [-0.4, -0.2) is 24.7 Å². The molecule has 2 aromatic rings. The number of nitrogens with zero attached hydrogens (tertiary/aromatic N) is 1. The van der Waals surface area contributed by atoms with Gasteiger partial charge >= 0.3 is 0 Å². The van der Waals surface area contributed by atoms with Crippen LogP contribution in [0.15, 0.2) is 24.4 Å². The molecule has 0 bridgehead atoms. The van der Waals surface area contributed by atoms with Crippen LogP contribution in [0.1, 0.15) is 19.8 Å². The molecule has 1 aromatic carbocycles. The summed E-state index contributed by atoms with van der Waals surface area (Å²) in [6.07, 6.45) is 4.21. The first kappa shape index (κ1) is 12.1. The van der Waals surface area contributed by atoms with Crippen LogP contribution in [-0.2, 0) is 0 Å². The molecule has 4 nitrogen and oxygen atoms in total. The lowest BCUT2D eigenvalue weighted by atomic mass is 10.1. The first-order chi connectivity index (χ1) is 9.15. The average molecular weight is 258 g/mol. The molecule has 0 unspecified atom stereocenters. The van der Waals surface area contributed by atoms with Crippen molar-refractivity contribution < 1.29 is 9.47 Å². The van der Waals surface area contributed by atoms with Gasteiger partial charge in [-0.2, -0.15) is 0 Å². The number of fused-ring (bicyclic) bond motifs is 1. The van der Waals surface area contributed by atoms with E-state index in [1.807, 2.05) is 24.4 Å². The minimum absolute atomic E-state index is 0.203. The summed E-state index contributed by atoms with van der Waals surface area (Å²) in [6.45, 7) is 2.22. The maximum Gasteiger partial charge on any atom is 0.161 e. The zero-order valence-corrected chi connectivity index (χ0v) is 11.5. The van der Waals surface area contributed by atoms with Gasteiger partial charge in [0.05, 0.1) is 14.2 Å². The molecule has 0 saturated heterocycles. The van der Waals surface area contributed by atoms with Crippen molar-refractivity contribution in [3.05, 3.63) is 24.4 Å². The summed E-state index contributed by atoms with van der Waals surface area (Å²) in [5.41, 5.74) is 0.203. The number of rotatable bonds is 4. The monoisotopic (exact) mass is 258 g/mol. The maximum atomic E-state index is 5.36. The molecule has 1 fully saturated rings. The first-order valence-electron chi connectivity index (χ1n) is 6.44. The van der Waals surface area contributed by atoms with Gasteiger partial charge in [-0.15, -0.1) is 0 Å².